The van der Waals surface area contributed by atoms with Gasteiger partial charge in [0.15, 0.2) is 0 Å². The summed E-state index contributed by atoms with van der Waals surface area (Å²) in [5, 5.41) is 0. The molecule has 0 radical (unpaired) electrons. The van der Waals surface area contributed by atoms with Crippen LogP contribution in [0, 0.1) is 0 Å². The summed E-state index contributed by atoms with van der Waals surface area (Å²) in [7, 11) is 0. The molecule has 0 aromatic carbocycles. The predicted octanol–water partition coefficient (Wildman–Crippen LogP) is 2.13. The van der Waals surface area contributed by atoms with Gasteiger partial charge >= 0.3 is 6.18 Å². The third-order valence-corrected chi connectivity index (χ3v) is 0.919. The molecule has 0 aliphatic heterocycles. The zero-order valence-corrected chi connectivity index (χ0v) is 5.73. The maximum Gasteiger partial charge on any atom is 0.417 e. The first-order valence-corrected chi connectivity index (χ1v) is 2.80. The first-order chi connectivity index (χ1) is 5.02. The van der Waals surface area contributed by atoms with Crippen LogP contribution in [0.5, 0.6) is 0 Å². The van der Waals surface area contributed by atoms with Crippen molar-refractivity contribution >= 4 is 0 Å². The van der Waals surface area contributed by atoms with Crippen LogP contribution in [0.4, 0.5) is 13.2 Å². The topological polar surface area (TPSA) is 26.0 Å². The van der Waals surface area contributed by atoms with Gasteiger partial charge in [-0.05, 0) is 6.08 Å². The van der Waals surface area contributed by atoms with E-state index in [1.807, 2.05) is 0 Å². The van der Waals surface area contributed by atoms with Crippen molar-refractivity contribution in [3.05, 3.63) is 36.6 Å². The van der Waals surface area contributed by atoms with Crippen LogP contribution in [0.3, 0.4) is 0 Å². The Balaban J connectivity index is 4.45. The fourth-order valence-electron chi connectivity index (χ4n) is 0.416. The van der Waals surface area contributed by atoms with E-state index in [9.17, 15) is 13.2 Å². The highest BCUT2D eigenvalue weighted by Gasteiger charge is 2.31. The lowest BCUT2D eigenvalue weighted by Crippen LogP contribution is -2.11. The lowest BCUT2D eigenvalue weighted by atomic mass is 10.2. The molecule has 0 aromatic rings. The van der Waals surface area contributed by atoms with E-state index in [0.29, 0.717) is 6.20 Å². The van der Waals surface area contributed by atoms with Gasteiger partial charge in [-0.15, -0.1) is 0 Å². The molecule has 62 valence electrons. The molecular formula is C7H8F3N. The van der Waals surface area contributed by atoms with Gasteiger partial charge in [0, 0.05) is 6.20 Å². The van der Waals surface area contributed by atoms with Crippen LogP contribution in [0.15, 0.2) is 36.6 Å². The van der Waals surface area contributed by atoms with Crippen LogP contribution in [0.25, 0.3) is 0 Å². The Morgan fingerprint density at radius 2 is 1.91 bits per heavy atom. The van der Waals surface area contributed by atoms with Gasteiger partial charge in [-0.25, -0.2) is 0 Å². The first kappa shape index (κ1) is 9.81. The molecule has 4 heteroatoms. The average Bonchev–Trinajstić information content (AvgIpc) is 1.87. The molecule has 0 saturated carbocycles. The number of hydrogen-bond acceptors (Lipinski definition) is 1. The molecule has 0 bridgehead atoms. The molecule has 0 atom stereocenters. The Morgan fingerprint density at radius 3 is 2.18 bits per heavy atom. The minimum absolute atomic E-state index is 0.514. The SMILES string of the molecule is C=C/C=C\C(=C/N)C(F)(F)F. The minimum atomic E-state index is -4.38. The summed E-state index contributed by atoms with van der Waals surface area (Å²) >= 11 is 0. The smallest absolute Gasteiger partial charge is 0.404 e. The predicted molar refractivity (Wildman–Crippen MR) is 37.7 cm³/mol. The van der Waals surface area contributed by atoms with Gasteiger partial charge in [-0.3, -0.25) is 0 Å². The van der Waals surface area contributed by atoms with E-state index in [4.69, 9.17) is 5.73 Å². The average molecular weight is 163 g/mol. The number of allylic oxidation sites excluding steroid dienone is 4. The lowest BCUT2D eigenvalue weighted by Gasteiger charge is -2.04. The van der Waals surface area contributed by atoms with E-state index in [0.717, 1.165) is 6.08 Å². The Labute approximate surface area is 62.7 Å². The maximum absolute atomic E-state index is 11.8. The molecule has 0 amide bonds. The van der Waals surface area contributed by atoms with Crippen LogP contribution in [0.1, 0.15) is 0 Å². The second-order valence-electron chi connectivity index (χ2n) is 1.71. The largest absolute Gasteiger partial charge is 0.417 e. The molecule has 11 heavy (non-hydrogen) atoms. The van der Waals surface area contributed by atoms with Crippen LogP contribution >= 0.6 is 0 Å². The summed E-state index contributed by atoms with van der Waals surface area (Å²) in [6, 6.07) is 0. The maximum atomic E-state index is 11.8. The van der Waals surface area contributed by atoms with E-state index in [1.165, 1.54) is 12.2 Å². The van der Waals surface area contributed by atoms with E-state index >= 15 is 0 Å². The molecule has 0 heterocycles. The highest BCUT2D eigenvalue weighted by molar-refractivity contribution is 5.24. The monoisotopic (exact) mass is 163 g/mol. The van der Waals surface area contributed by atoms with Crippen LogP contribution in [-0.2, 0) is 0 Å². The van der Waals surface area contributed by atoms with Crippen molar-refractivity contribution in [2.24, 2.45) is 5.73 Å². The second-order valence-corrected chi connectivity index (χ2v) is 1.71. The summed E-state index contributed by atoms with van der Waals surface area (Å²) in [6.45, 7) is 3.23. The Kier molecular flexibility index (Phi) is 3.44. The first-order valence-electron chi connectivity index (χ1n) is 2.80. The van der Waals surface area contributed by atoms with Crippen molar-refractivity contribution in [3.8, 4) is 0 Å². The summed E-state index contributed by atoms with van der Waals surface area (Å²) in [5.74, 6) is 0. The third-order valence-electron chi connectivity index (χ3n) is 0.919. The van der Waals surface area contributed by atoms with Crippen molar-refractivity contribution in [3.63, 3.8) is 0 Å². The zero-order chi connectivity index (χ0) is 8.91. The Bertz CT molecular complexity index is 188. The van der Waals surface area contributed by atoms with E-state index < -0.39 is 11.7 Å². The van der Waals surface area contributed by atoms with Gasteiger partial charge < -0.3 is 5.73 Å². The summed E-state index contributed by atoms with van der Waals surface area (Å²) < 4.78 is 35.4. The summed E-state index contributed by atoms with van der Waals surface area (Å²) in [6.07, 6.45) is -0.595. The number of rotatable bonds is 2. The molecule has 0 aliphatic rings. The van der Waals surface area contributed by atoms with E-state index in [2.05, 4.69) is 6.58 Å². The molecular weight excluding hydrogens is 155 g/mol. The molecule has 0 saturated heterocycles. The van der Waals surface area contributed by atoms with Crippen molar-refractivity contribution in [2.75, 3.05) is 0 Å². The van der Waals surface area contributed by atoms with Gasteiger partial charge in [-0.1, -0.05) is 18.7 Å². The van der Waals surface area contributed by atoms with Crippen LogP contribution in [-0.4, -0.2) is 6.18 Å². The quantitative estimate of drug-likeness (QED) is 0.620. The Morgan fingerprint density at radius 1 is 1.36 bits per heavy atom. The molecule has 2 N–H and O–H groups in total. The van der Waals surface area contributed by atoms with Gasteiger partial charge in [0.1, 0.15) is 0 Å². The highest BCUT2D eigenvalue weighted by Crippen LogP contribution is 2.25. The number of halogens is 3. The van der Waals surface area contributed by atoms with Crippen LogP contribution < -0.4 is 5.73 Å². The van der Waals surface area contributed by atoms with E-state index in [-0.39, 0.29) is 0 Å². The third kappa shape index (κ3) is 3.50. The standard InChI is InChI=1S/C7H8F3N/c1-2-3-4-6(5-11)7(8,9)10/h2-5H,1,11H2/b4-3-,6-5+. The Hall–Kier alpha value is -1.19. The van der Waals surface area contributed by atoms with Crippen molar-refractivity contribution in [1.82, 2.24) is 0 Å². The van der Waals surface area contributed by atoms with Crippen molar-refractivity contribution in [2.45, 2.75) is 6.18 Å². The van der Waals surface area contributed by atoms with Gasteiger partial charge in [-0.2, -0.15) is 13.2 Å². The summed E-state index contributed by atoms with van der Waals surface area (Å²) in [5.41, 5.74) is 3.85. The summed E-state index contributed by atoms with van der Waals surface area (Å²) in [4.78, 5) is 0. The minimum Gasteiger partial charge on any atom is -0.404 e. The molecule has 0 aromatic heterocycles. The number of nitrogens with two attached hydrogens (primary N) is 1. The molecule has 0 rings (SSSR count). The molecule has 0 unspecified atom stereocenters. The van der Waals surface area contributed by atoms with Crippen molar-refractivity contribution < 1.29 is 13.2 Å². The van der Waals surface area contributed by atoms with Gasteiger partial charge in [0.2, 0.25) is 0 Å². The fraction of sp³-hybridized carbons (Fsp3) is 0.143. The second kappa shape index (κ2) is 3.85. The fourth-order valence-corrected chi connectivity index (χ4v) is 0.416. The molecule has 0 aliphatic carbocycles. The molecule has 1 nitrogen and oxygen atoms in total. The highest BCUT2D eigenvalue weighted by atomic mass is 19.4. The number of hydrogen-bond donors (Lipinski definition) is 1. The zero-order valence-electron chi connectivity index (χ0n) is 5.73. The van der Waals surface area contributed by atoms with E-state index in [1.54, 1.807) is 0 Å². The number of alkyl halides is 3. The molecule has 0 spiro atoms. The van der Waals surface area contributed by atoms with Gasteiger partial charge in [0.25, 0.3) is 0 Å². The van der Waals surface area contributed by atoms with Crippen LogP contribution in [0.2, 0.25) is 0 Å². The van der Waals surface area contributed by atoms with Crippen molar-refractivity contribution in [1.29, 1.82) is 0 Å². The lowest BCUT2D eigenvalue weighted by molar-refractivity contribution is -0.0883. The normalized spacial score (nSPS) is 13.9. The van der Waals surface area contributed by atoms with Gasteiger partial charge in [0.05, 0.1) is 5.57 Å². The molecule has 0 fully saturated rings.